The molecule has 0 aliphatic rings. The van der Waals surface area contributed by atoms with E-state index >= 15 is 0 Å². The van der Waals surface area contributed by atoms with Crippen LogP contribution < -0.4 is 11.3 Å². The fraction of sp³-hybridized carbons (Fsp3) is 1.00. The van der Waals surface area contributed by atoms with E-state index in [9.17, 15) is 0 Å². The van der Waals surface area contributed by atoms with Gasteiger partial charge in [-0.15, -0.1) is 0 Å². The van der Waals surface area contributed by atoms with Crippen molar-refractivity contribution in [1.29, 1.82) is 0 Å². The molecule has 2 heteroatoms. The predicted octanol–water partition coefficient (Wildman–Crippen LogP) is 2.69. The average Bonchev–Trinajstić information content (AvgIpc) is 1.82. The van der Waals surface area contributed by atoms with Crippen LogP contribution in [0.15, 0.2) is 0 Å². The van der Waals surface area contributed by atoms with Crippen LogP contribution >= 0.6 is 0 Å². The molecule has 0 aliphatic heterocycles. The Morgan fingerprint density at radius 3 is 1.92 bits per heavy atom. The smallest absolute Gasteiger partial charge is 0.0149 e. The summed E-state index contributed by atoms with van der Waals surface area (Å²) < 4.78 is 0. The van der Waals surface area contributed by atoms with Crippen molar-refractivity contribution in [2.45, 2.75) is 53.9 Å². The van der Waals surface area contributed by atoms with Gasteiger partial charge in [0.1, 0.15) is 0 Å². The molecule has 0 unspecified atom stereocenters. The molecule has 0 aromatic rings. The van der Waals surface area contributed by atoms with Crippen molar-refractivity contribution >= 4 is 0 Å². The van der Waals surface area contributed by atoms with E-state index < -0.39 is 0 Å². The lowest BCUT2D eigenvalue weighted by Gasteiger charge is -2.26. The minimum Gasteiger partial charge on any atom is -0.271 e. The number of rotatable bonds is 5. The Bertz CT molecular complexity index is 134. The highest BCUT2D eigenvalue weighted by Gasteiger charge is 2.18. The van der Waals surface area contributed by atoms with E-state index in [4.69, 9.17) is 5.84 Å². The van der Waals surface area contributed by atoms with Crippen molar-refractivity contribution in [2.75, 3.05) is 6.54 Å². The van der Waals surface area contributed by atoms with E-state index in [2.05, 4.69) is 40.0 Å². The van der Waals surface area contributed by atoms with Crippen LogP contribution in [0.4, 0.5) is 0 Å². The van der Waals surface area contributed by atoms with Crippen LogP contribution in [0.2, 0.25) is 0 Å². The number of hydrogen-bond donors (Lipinski definition) is 2. The van der Waals surface area contributed by atoms with E-state index in [1.54, 1.807) is 0 Å². The molecule has 80 valence electrons. The minimum absolute atomic E-state index is 0.333. The first kappa shape index (κ1) is 12.9. The molecule has 0 atom stereocenters. The maximum Gasteiger partial charge on any atom is 0.0149 e. The van der Waals surface area contributed by atoms with Crippen molar-refractivity contribution in [3.05, 3.63) is 0 Å². The highest BCUT2D eigenvalue weighted by molar-refractivity contribution is 4.72. The van der Waals surface area contributed by atoms with Gasteiger partial charge >= 0.3 is 0 Å². The summed E-state index contributed by atoms with van der Waals surface area (Å²) in [6, 6.07) is 0. The molecule has 13 heavy (non-hydrogen) atoms. The molecule has 3 N–H and O–H groups in total. The number of nitrogens with two attached hydrogens (primary N) is 1. The monoisotopic (exact) mass is 186 g/mol. The summed E-state index contributed by atoms with van der Waals surface area (Å²) in [6.07, 6.45) is 3.83. The SMILES string of the molecule is CC(C)(C)CCCC(C)(C)CNN. The van der Waals surface area contributed by atoms with Gasteiger partial charge in [0.25, 0.3) is 0 Å². The van der Waals surface area contributed by atoms with Crippen molar-refractivity contribution in [1.82, 2.24) is 5.43 Å². The Balaban J connectivity index is 3.63. The van der Waals surface area contributed by atoms with Crippen molar-refractivity contribution in [3.8, 4) is 0 Å². The van der Waals surface area contributed by atoms with Crippen LogP contribution in [-0.2, 0) is 0 Å². The summed E-state index contributed by atoms with van der Waals surface area (Å²) in [4.78, 5) is 0. The third-order valence-electron chi connectivity index (χ3n) is 2.36. The van der Waals surface area contributed by atoms with Gasteiger partial charge in [-0.3, -0.25) is 11.3 Å². The number of nitrogens with one attached hydrogen (secondary N) is 1. The molecule has 0 heterocycles. The molecule has 0 radical (unpaired) electrons. The van der Waals surface area contributed by atoms with Crippen LogP contribution in [0, 0.1) is 10.8 Å². The van der Waals surface area contributed by atoms with E-state index in [1.165, 1.54) is 19.3 Å². The lowest BCUT2D eigenvalue weighted by Crippen LogP contribution is -2.34. The molecule has 0 rings (SSSR count). The fourth-order valence-electron chi connectivity index (χ4n) is 1.46. The van der Waals surface area contributed by atoms with Crippen LogP contribution in [0.1, 0.15) is 53.9 Å². The molecule has 0 saturated heterocycles. The molecule has 0 amide bonds. The van der Waals surface area contributed by atoms with E-state index in [0.717, 1.165) is 6.54 Å². The third kappa shape index (κ3) is 8.26. The summed E-state index contributed by atoms with van der Waals surface area (Å²) in [6.45, 7) is 12.3. The summed E-state index contributed by atoms with van der Waals surface area (Å²) in [5, 5.41) is 0. The lowest BCUT2D eigenvalue weighted by atomic mass is 9.82. The summed E-state index contributed by atoms with van der Waals surface area (Å²) in [7, 11) is 0. The van der Waals surface area contributed by atoms with Gasteiger partial charge in [0.2, 0.25) is 0 Å². The van der Waals surface area contributed by atoms with Gasteiger partial charge in [0.05, 0.1) is 0 Å². The zero-order valence-electron chi connectivity index (χ0n) is 9.91. The van der Waals surface area contributed by atoms with Crippen LogP contribution in [0.25, 0.3) is 0 Å². The molecule has 0 fully saturated rings. The molecule has 0 saturated carbocycles. The van der Waals surface area contributed by atoms with Crippen LogP contribution in [-0.4, -0.2) is 6.54 Å². The van der Waals surface area contributed by atoms with Gasteiger partial charge in [-0.05, 0) is 23.7 Å². The van der Waals surface area contributed by atoms with Crippen molar-refractivity contribution in [3.63, 3.8) is 0 Å². The maximum absolute atomic E-state index is 5.32. The second-order valence-corrected chi connectivity index (χ2v) is 5.96. The second kappa shape index (κ2) is 4.97. The zero-order chi connectivity index (χ0) is 10.5. The van der Waals surface area contributed by atoms with Gasteiger partial charge in [-0.2, -0.15) is 0 Å². The Labute approximate surface area is 83.2 Å². The number of hydrogen-bond acceptors (Lipinski definition) is 2. The van der Waals surface area contributed by atoms with E-state index in [-0.39, 0.29) is 0 Å². The number of hydrazine groups is 1. The summed E-state index contributed by atoms with van der Waals surface area (Å²) in [5.41, 5.74) is 3.55. The van der Waals surface area contributed by atoms with Gasteiger partial charge in [-0.1, -0.05) is 41.0 Å². The predicted molar refractivity (Wildman–Crippen MR) is 59.3 cm³/mol. The molecule has 0 aromatic carbocycles. The first-order chi connectivity index (χ1) is 5.77. The second-order valence-electron chi connectivity index (χ2n) is 5.96. The third-order valence-corrected chi connectivity index (χ3v) is 2.36. The maximum atomic E-state index is 5.32. The van der Waals surface area contributed by atoms with E-state index in [0.29, 0.717) is 10.8 Å². The van der Waals surface area contributed by atoms with Crippen LogP contribution in [0.5, 0.6) is 0 Å². The molecular formula is C11H26N2. The topological polar surface area (TPSA) is 38.0 Å². The van der Waals surface area contributed by atoms with E-state index in [1.807, 2.05) is 0 Å². The molecule has 2 nitrogen and oxygen atoms in total. The zero-order valence-corrected chi connectivity index (χ0v) is 9.91. The molecular weight excluding hydrogens is 160 g/mol. The van der Waals surface area contributed by atoms with Crippen molar-refractivity contribution in [2.24, 2.45) is 16.7 Å². The Morgan fingerprint density at radius 2 is 1.54 bits per heavy atom. The standard InChI is InChI=1S/C11H26N2/c1-10(2,3)7-6-8-11(4,5)9-13-12/h13H,6-9,12H2,1-5H3. The highest BCUT2D eigenvalue weighted by atomic mass is 15.2. The Kier molecular flexibility index (Phi) is 4.93. The highest BCUT2D eigenvalue weighted by Crippen LogP contribution is 2.27. The molecule has 0 aromatic heterocycles. The first-order valence-electron chi connectivity index (χ1n) is 5.20. The summed E-state index contributed by atoms with van der Waals surface area (Å²) >= 11 is 0. The van der Waals surface area contributed by atoms with Gasteiger partial charge < -0.3 is 0 Å². The summed E-state index contributed by atoms with van der Waals surface area (Å²) in [5.74, 6) is 5.32. The largest absolute Gasteiger partial charge is 0.271 e. The first-order valence-corrected chi connectivity index (χ1v) is 5.20. The Morgan fingerprint density at radius 1 is 1.00 bits per heavy atom. The van der Waals surface area contributed by atoms with Crippen molar-refractivity contribution < 1.29 is 0 Å². The average molecular weight is 186 g/mol. The molecule has 0 bridgehead atoms. The normalized spacial score (nSPS) is 13.4. The van der Waals surface area contributed by atoms with Gasteiger partial charge in [0, 0.05) is 6.54 Å². The van der Waals surface area contributed by atoms with Crippen LogP contribution in [0.3, 0.4) is 0 Å². The quantitative estimate of drug-likeness (QED) is 0.512. The van der Waals surface area contributed by atoms with Gasteiger partial charge in [0.15, 0.2) is 0 Å². The minimum atomic E-state index is 0.333. The lowest BCUT2D eigenvalue weighted by molar-refractivity contribution is 0.272. The molecule has 0 spiro atoms. The molecule has 0 aliphatic carbocycles. The fourth-order valence-corrected chi connectivity index (χ4v) is 1.46. The van der Waals surface area contributed by atoms with Gasteiger partial charge in [-0.25, -0.2) is 0 Å². The Hall–Kier alpha value is -0.0800.